The Morgan fingerprint density at radius 1 is 1.30 bits per heavy atom. The van der Waals surface area contributed by atoms with Gasteiger partial charge in [0.2, 0.25) is 0 Å². The van der Waals surface area contributed by atoms with E-state index in [0.29, 0.717) is 22.9 Å². The lowest BCUT2D eigenvalue weighted by atomic mass is 9.81. The predicted octanol–water partition coefficient (Wildman–Crippen LogP) is 2.06. The first-order valence-corrected chi connectivity index (χ1v) is 6.94. The lowest BCUT2D eigenvalue weighted by molar-refractivity contribution is -0.119. The van der Waals surface area contributed by atoms with E-state index in [1.165, 1.54) is 0 Å². The van der Waals surface area contributed by atoms with Crippen molar-refractivity contribution in [2.24, 2.45) is 4.99 Å². The van der Waals surface area contributed by atoms with Crippen molar-refractivity contribution in [3.05, 3.63) is 22.8 Å². The number of Topliss-reactive ketones (excluding diaryl/α,β-unsaturated/α-hetero) is 2. The molecule has 1 aromatic rings. The van der Waals surface area contributed by atoms with Crippen molar-refractivity contribution in [1.82, 2.24) is 9.97 Å². The van der Waals surface area contributed by atoms with Crippen molar-refractivity contribution in [3.63, 3.8) is 0 Å². The normalized spacial score (nSPS) is 23.9. The van der Waals surface area contributed by atoms with Crippen LogP contribution in [0, 0.1) is 0 Å². The Morgan fingerprint density at radius 3 is 2.75 bits per heavy atom. The van der Waals surface area contributed by atoms with Crippen molar-refractivity contribution < 1.29 is 9.59 Å². The van der Waals surface area contributed by atoms with E-state index in [2.05, 4.69) is 15.0 Å². The van der Waals surface area contributed by atoms with Gasteiger partial charge in [0.15, 0.2) is 11.6 Å². The van der Waals surface area contributed by atoms with E-state index in [-0.39, 0.29) is 18.0 Å². The number of nitrogens with zero attached hydrogens (tertiary/aromatic N) is 2. The maximum atomic E-state index is 12.4. The fourth-order valence-corrected chi connectivity index (χ4v) is 2.82. The summed E-state index contributed by atoms with van der Waals surface area (Å²) in [6.07, 6.45) is 4.10. The molecule has 2 aliphatic carbocycles. The maximum Gasteiger partial charge on any atom is 0.186 e. The van der Waals surface area contributed by atoms with Crippen molar-refractivity contribution in [1.29, 1.82) is 0 Å². The highest BCUT2D eigenvalue weighted by Crippen LogP contribution is 2.41. The van der Waals surface area contributed by atoms with Crippen LogP contribution in [0.3, 0.4) is 0 Å². The molecule has 5 nitrogen and oxygen atoms in total. The minimum atomic E-state index is -0.772. The molecule has 0 saturated heterocycles. The average Bonchev–Trinajstić information content (AvgIpc) is 3.14. The van der Waals surface area contributed by atoms with E-state index in [0.717, 1.165) is 24.2 Å². The zero-order valence-electron chi connectivity index (χ0n) is 11.5. The van der Waals surface area contributed by atoms with Gasteiger partial charge in [0.05, 0.1) is 0 Å². The van der Waals surface area contributed by atoms with Crippen LogP contribution in [-0.2, 0) is 4.79 Å². The highest BCUT2D eigenvalue weighted by Gasteiger charge is 2.40. The molecule has 20 heavy (non-hydrogen) atoms. The fourth-order valence-electron chi connectivity index (χ4n) is 2.82. The van der Waals surface area contributed by atoms with Gasteiger partial charge in [0, 0.05) is 29.7 Å². The summed E-state index contributed by atoms with van der Waals surface area (Å²) in [6.45, 7) is 3.55. The summed E-state index contributed by atoms with van der Waals surface area (Å²) in [5, 5.41) is 0. The van der Waals surface area contributed by atoms with Crippen molar-refractivity contribution in [2.45, 2.75) is 44.6 Å². The smallest absolute Gasteiger partial charge is 0.186 e. The molecule has 102 valence electrons. The number of aromatic amines is 1. The molecule has 0 bridgehead atoms. The second-order valence-electron chi connectivity index (χ2n) is 6.26. The summed E-state index contributed by atoms with van der Waals surface area (Å²) in [6, 6.07) is 0. The molecule has 0 unspecified atom stereocenters. The summed E-state index contributed by atoms with van der Waals surface area (Å²) < 4.78 is 0. The number of aliphatic imine (C=N–C) groups is 1. The number of nitrogens with one attached hydrogen (secondary N) is 1. The number of hydrogen-bond acceptors (Lipinski definition) is 4. The molecule has 3 aliphatic rings. The number of imidazole rings is 1. The van der Waals surface area contributed by atoms with E-state index in [1.807, 2.05) is 0 Å². The quantitative estimate of drug-likeness (QED) is 0.847. The molecule has 0 radical (unpaired) electrons. The van der Waals surface area contributed by atoms with Crippen LogP contribution in [0.5, 0.6) is 0 Å². The van der Waals surface area contributed by atoms with E-state index in [4.69, 9.17) is 0 Å². The minimum absolute atomic E-state index is 0.0439. The molecule has 1 saturated carbocycles. The van der Waals surface area contributed by atoms with Crippen LogP contribution in [0.15, 0.2) is 10.6 Å². The molecular weight excluding hydrogens is 254 g/mol. The van der Waals surface area contributed by atoms with Crippen LogP contribution in [0.2, 0.25) is 0 Å². The molecule has 1 aromatic heterocycles. The first-order chi connectivity index (χ1) is 9.47. The summed E-state index contributed by atoms with van der Waals surface area (Å²) >= 11 is 0. The van der Waals surface area contributed by atoms with Gasteiger partial charge in [-0.25, -0.2) is 4.98 Å². The van der Waals surface area contributed by atoms with Crippen molar-refractivity contribution >= 4 is 23.4 Å². The van der Waals surface area contributed by atoms with Crippen LogP contribution in [-0.4, -0.2) is 33.3 Å². The van der Waals surface area contributed by atoms with Gasteiger partial charge in [-0.05, 0) is 26.7 Å². The highest BCUT2D eigenvalue weighted by atomic mass is 16.1. The van der Waals surface area contributed by atoms with Crippen LogP contribution in [0.1, 0.15) is 61.0 Å². The number of allylic oxidation sites excluding steroid dienone is 1. The summed E-state index contributed by atoms with van der Waals surface area (Å²) in [5.41, 5.74) is 1.69. The summed E-state index contributed by atoms with van der Waals surface area (Å²) in [5.74, 6) is 1.22. The third kappa shape index (κ3) is 1.49. The first kappa shape index (κ1) is 11.8. The van der Waals surface area contributed by atoms with Gasteiger partial charge in [0.1, 0.15) is 22.8 Å². The maximum absolute atomic E-state index is 12.4. The van der Waals surface area contributed by atoms with Gasteiger partial charge >= 0.3 is 0 Å². The Morgan fingerprint density at radius 2 is 2.05 bits per heavy atom. The Labute approximate surface area is 116 Å². The third-order valence-electron chi connectivity index (χ3n) is 4.23. The highest BCUT2D eigenvalue weighted by molar-refractivity contribution is 6.29. The minimum Gasteiger partial charge on any atom is -0.339 e. The van der Waals surface area contributed by atoms with Crippen molar-refractivity contribution in [3.8, 4) is 0 Å². The van der Waals surface area contributed by atoms with Gasteiger partial charge in [0.25, 0.3) is 0 Å². The second-order valence-corrected chi connectivity index (χ2v) is 6.26. The number of fused-ring (bicyclic) bond motifs is 2. The first-order valence-electron chi connectivity index (χ1n) is 6.94. The predicted molar refractivity (Wildman–Crippen MR) is 74.0 cm³/mol. The lowest BCUT2D eigenvalue weighted by Gasteiger charge is -2.27. The molecule has 1 N–H and O–H groups in total. The van der Waals surface area contributed by atoms with Gasteiger partial charge in [-0.1, -0.05) is 0 Å². The Balaban J connectivity index is 1.89. The number of aromatic nitrogens is 2. The monoisotopic (exact) mass is 269 g/mol. The fraction of sp³-hybridized carbons (Fsp3) is 0.467. The van der Waals surface area contributed by atoms with Crippen LogP contribution >= 0.6 is 0 Å². The number of carbonyl (C=O) groups excluding carboxylic acids is 2. The number of rotatable bonds is 1. The molecule has 0 spiro atoms. The van der Waals surface area contributed by atoms with Crippen molar-refractivity contribution in [2.75, 3.05) is 0 Å². The van der Waals surface area contributed by atoms with E-state index < -0.39 is 5.54 Å². The third-order valence-corrected chi connectivity index (χ3v) is 4.23. The number of ketones is 2. The molecule has 0 aromatic carbocycles. The molecule has 1 fully saturated rings. The number of carbonyl (C=O) groups is 2. The Bertz CT molecular complexity index is 717. The van der Waals surface area contributed by atoms with Crippen LogP contribution in [0.4, 0.5) is 0 Å². The molecular formula is C15H15N3O2. The molecule has 0 atom stereocenters. The van der Waals surface area contributed by atoms with Crippen LogP contribution < -0.4 is 0 Å². The summed E-state index contributed by atoms with van der Waals surface area (Å²) in [7, 11) is 0. The molecule has 5 heteroatoms. The van der Waals surface area contributed by atoms with Gasteiger partial charge in [-0.15, -0.1) is 0 Å². The average molecular weight is 269 g/mol. The largest absolute Gasteiger partial charge is 0.339 e. The van der Waals surface area contributed by atoms with Gasteiger partial charge in [-0.2, -0.15) is 0 Å². The standard InChI is InChI=1S/C15H15N3O2/c1-15(2)13(20)8-5-10(19)12-11(9(8)6-16-15)17-14(18-12)7-3-4-7/h6-7H,3-5H2,1-2H3,(H,17,18). The van der Waals surface area contributed by atoms with Crippen LogP contribution in [0.25, 0.3) is 5.57 Å². The lowest BCUT2D eigenvalue weighted by Crippen LogP contribution is -2.36. The zero-order valence-corrected chi connectivity index (χ0v) is 11.5. The van der Waals surface area contributed by atoms with E-state index in [9.17, 15) is 9.59 Å². The molecule has 0 amide bonds. The second kappa shape index (κ2) is 3.53. The summed E-state index contributed by atoms with van der Waals surface area (Å²) in [4.78, 5) is 36.7. The van der Waals surface area contributed by atoms with Gasteiger partial charge < -0.3 is 4.98 Å². The molecule has 4 rings (SSSR count). The number of hydrogen-bond donors (Lipinski definition) is 1. The Kier molecular flexibility index (Phi) is 2.08. The van der Waals surface area contributed by atoms with E-state index in [1.54, 1.807) is 20.1 Å². The Hall–Kier alpha value is -2.04. The van der Waals surface area contributed by atoms with Gasteiger partial charge in [-0.3, -0.25) is 14.6 Å². The number of H-pyrrole nitrogens is 1. The molecule has 2 heterocycles. The topological polar surface area (TPSA) is 75.2 Å². The zero-order chi connectivity index (χ0) is 14.1. The SMILES string of the molecule is CC1(C)N=CC2=C(CC(=O)c3[nH]c(C4CC4)nc32)C1=O. The van der Waals surface area contributed by atoms with E-state index >= 15 is 0 Å². The molecule has 1 aliphatic heterocycles. The number of dihydropyridines is 1.